The van der Waals surface area contributed by atoms with Gasteiger partial charge in [-0.2, -0.15) is 0 Å². The van der Waals surface area contributed by atoms with Crippen molar-refractivity contribution in [2.24, 2.45) is 0 Å². The molecule has 0 aromatic heterocycles. The average molecular weight is 297 g/mol. The maximum atomic E-state index is 5.46. The van der Waals surface area contributed by atoms with Crippen LogP contribution in [-0.2, 0) is 0 Å². The molecule has 0 bridgehead atoms. The third kappa shape index (κ3) is 3.01. The standard InChI is InChI=1S/C18H19NO3/c1-3-4-16(19-14-6-8-15(20-2)9-7-14)13-5-10-17-18(11-13)22-12-21-17/h3,5-11,16,19H,1,4,12H2,2H3. The highest BCUT2D eigenvalue weighted by molar-refractivity contribution is 5.51. The van der Waals surface area contributed by atoms with E-state index in [1.165, 1.54) is 0 Å². The van der Waals surface area contributed by atoms with Crippen LogP contribution in [0.1, 0.15) is 18.0 Å². The van der Waals surface area contributed by atoms with Crippen LogP contribution >= 0.6 is 0 Å². The highest BCUT2D eigenvalue weighted by Gasteiger charge is 2.17. The fourth-order valence-corrected chi connectivity index (χ4v) is 2.46. The summed E-state index contributed by atoms with van der Waals surface area (Å²) in [6.07, 6.45) is 2.72. The molecule has 3 rings (SSSR count). The summed E-state index contributed by atoms with van der Waals surface area (Å²) in [5.41, 5.74) is 2.17. The Kier molecular flexibility index (Phi) is 4.19. The molecule has 0 amide bonds. The molecule has 4 nitrogen and oxygen atoms in total. The van der Waals surface area contributed by atoms with Gasteiger partial charge in [0.25, 0.3) is 0 Å². The lowest BCUT2D eigenvalue weighted by Gasteiger charge is -2.19. The second kappa shape index (κ2) is 6.43. The predicted octanol–water partition coefficient (Wildman–Crippen LogP) is 4.15. The van der Waals surface area contributed by atoms with Gasteiger partial charge in [0.05, 0.1) is 13.2 Å². The number of rotatable bonds is 6. The van der Waals surface area contributed by atoms with Crippen molar-refractivity contribution in [2.75, 3.05) is 19.2 Å². The van der Waals surface area contributed by atoms with Crippen LogP contribution < -0.4 is 19.5 Å². The van der Waals surface area contributed by atoms with Crippen LogP contribution in [0.2, 0.25) is 0 Å². The summed E-state index contributed by atoms with van der Waals surface area (Å²) in [6, 6.07) is 14.0. The molecule has 1 atom stereocenters. The van der Waals surface area contributed by atoms with Gasteiger partial charge in [0.2, 0.25) is 6.79 Å². The molecule has 0 saturated carbocycles. The summed E-state index contributed by atoms with van der Waals surface area (Å²) < 4.78 is 16.0. The molecular formula is C18H19NO3. The van der Waals surface area contributed by atoms with E-state index in [-0.39, 0.29) is 12.8 Å². The van der Waals surface area contributed by atoms with Gasteiger partial charge in [-0.1, -0.05) is 12.1 Å². The lowest BCUT2D eigenvalue weighted by atomic mass is 10.0. The molecule has 4 heteroatoms. The third-order valence-electron chi connectivity index (χ3n) is 3.63. The number of fused-ring (bicyclic) bond motifs is 1. The summed E-state index contributed by atoms with van der Waals surface area (Å²) in [5, 5.41) is 3.52. The first-order valence-corrected chi connectivity index (χ1v) is 7.21. The number of benzene rings is 2. The van der Waals surface area contributed by atoms with Gasteiger partial charge >= 0.3 is 0 Å². The highest BCUT2D eigenvalue weighted by atomic mass is 16.7. The van der Waals surface area contributed by atoms with Gasteiger partial charge in [-0.25, -0.2) is 0 Å². The molecule has 0 fully saturated rings. The third-order valence-corrected chi connectivity index (χ3v) is 3.63. The van der Waals surface area contributed by atoms with Crippen molar-refractivity contribution in [3.05, 3.63) is 60.7 Å². The molecule has 1 aliphatic heterocycles. The van der Waals surface area contributed by atoms with E-state index in [0.29, 0.717) is 0 Å². The van der Waals surface area contributed by atoms with Crippen molar-refractivity contribution in [2.45, 2.75) is 12.5 Å². The van der Waals surface area contributed by atoms with Gasteiger partial charge < -0.3 is 19.5 Å². The Morgan fingerprint density at radius 3 is 2.68 bits per heavy atom. The Labute approximate surface area is 130 Å². The molecule has 0 spiro atoms. The van der Waals surface area contributed by atoms with E-state index >= 15 is 0 Å². The Morgan fingerprint density at radius 2 is 1.95 bits per heavy atom. The van der Waals surface area contributed by atoms with E-state index in [1.54, 1.807) is 7.11 Å². The summed E-state index contributed by atoms with van der Waals surface area (Å²) in [7, 11) is 1.66. The first-order valence-electron chi connectivity index (χ1n) is 7.21. The minimum atomic E-state index is 0.125. The number of methoxy groups -OCH3 is 1. The second-order valence-electron chi connectivity index (χ2n) is 5.06. The molecule has 22 heavy (non-hydrogen) atoms. The summed E-state index contributed by atoms with van der Waals surface area (Å²) >= 11 is 0. The van der Waals surface area contributed by atoms with E-state index < -0.39 is 0 Å². The van der Waals surface area contributed by atoms with Gasteiger partial charge in [-0.05, 0) is 48.4 Å². The Balaban J connectivity index is 1.81. The van der Waals surface area contributed by atoms with Crippen LogP contribution in [0.4, 0.5) is 5.69 Å². The number of ether oxygens (including phenoxy) is 3. The minimum Gasteiger partial charge on any atom is -0.497 e. The van der Waals surface area contributed by atoms with Gasteiger partial charge in [-0.3, -0.25) is 0 Å². The van der Waals surface area contributed by atoms with Crippen molar-refractivity contribution >= 4 is 5.69 Å². The Morgan fingerprint density at radius 1 is 1.18 bits per heavy atom. The van der Waals surface area contributed by atoms with E-state index in [2.05, 4.69) is 18.0 Å². The number of hydrogen-bond donors (Lipinski definition) is 1. The first-order chi connectivity index (χ1) is 10.8. The van der Waals surface area contributed by atoms with E-state index in [0.717, 1.165) is 34.9 Å². The average Bonchev–Trinajstić information content (AvgIpc) is 3.02. The van der Waals surface area contributed by atoms with Gasteiger partial charge in [-0.15, -0.1) is 6.58 Å². The van der Waals surface area contributed by atoms with Crippen molar-refractivity contribution < 1.29 is 14.2 Å². The quantitative estimate of drug-likeness (QED) is 0.813. The Hall–Kier alpha value is -2.62. The summed E-state index contributed by atoms with van der Waals surface area (Å²) in [5.74, 6) is 2.43. The normalized spacial score (nSPS) is 13.5. The van der Waals surface area contributed by atoms with Crippen LogP contribution in [0.25, 0.3) is 0 Å². The van der Waals surface area contributed by atoms with Crippen molar-refractivity contribution in [1.29, 1.82) is 0 Å². The smallest absolute Gasteiger partial charge is 0.231 e. The van der Waals surface area contributed by atoms with Crippen LogP contribution in [0.5, 0.6) is 17.2 Å². The van der Waals surface area contributed by atoms with Crippen LogP contribution in [0.3, 0.4) is 0 Å². The SMILES string of the molecule is C=CCC(Nc1ccc(OC)cc1)c1ccc2c(c1)OCO2. The van der Waals surface area contributed by atoms with Crippen molar-refractivity contribution in [1.82, 2.24) is 0 Å². The topological polar surface area (TPSA) is 39.7 Å². The number of nitrogens with one attached hydrogen (secondary N) is 1. The summed E-state index contributed by atoms with van der Waals surface area (Å²) in [4.78, 5) is 0. The van der Waals surface area contributed by atoms with Gasteiger partial charge in [0.15, 0.2) is 11.5 Å². The van der Waals surface area contributed by atoms with Crippen LogP contribution in [0.15, 0.2) is 55.1 Å². The number of anilines is 1. The monoisotopic (exact) mass is 297 g/mol. The number of hydrogen-bond acceptors (Lipinski definition) is 4. The predicted molar refractivity (Wildman–Crippen MR) is 86.7 cm³/mol. The molecule has 0 radical (unpaired) electrons. The molecule has 1 aliphatic rings. The lowest BCUT2D eigenvalue weighted by Crippen LogP contribution is -2.09. The zero-order valence-electron chi connectivity index (χ0n) is 12.5. The molecule has 2 aromatic carbocycles. The fourth-order valence-electron chi connectivity index (χ4n) is 2.46. The Bertz CT molecular complexity index is 652. The largest absolute Gasteiger partial charge is 0.497 e. The molecule has 1 N–H and O–H groups in total. The minimum absolute atomic E-state index is 0.125. The van der Waals surface area contributed by atoms with Gasteiger partial charge in [0, 0.05) is 5.69 Å². The molecule has 1 unspecified atom stereocenters. The first kappa shape index (κ1) is 14.3. The maximum Gasteiger partial charge on any atom is 0.231 e. The van der Waals surface area contributed by atoms with E-state index in [9.17, 15) is 0 Å². The van der Waals surface area contributed by atoms with Crippen molar-refractivity contribution in [3.63, 3.8) is 0 Å². The fraction of sp³-hybridized carbons (Fsp3) is 0.222. The van der Waals surface area contributed by atoms with E-state index in [1.807, 2.05) is 42.5 Å². The second-order valence-corrected chi connectivity index (χ2v) is 5.06. The molecule has 0 saturated heterocycles. The lowest BCUT2D eigenvalue weighted by molar-refractivity contribution is 0.174. The maximum absolute atomic E-state index is 5.46. The zero-order chi connectivity index (χ0) is 15.4. The van der Waals surface area contributed by atoms with E-state index in [4.69, 9.17) is 14.2 Å². The molecular weight excluding hydrogens is 278 g/mol. The summed E-state index contributed by atoms with van der Waals surface area (Å²) in [6.45, 7) is 4.14. The van der Waals surface area contributed by atoms with Crippen LogP contribution in [-0.4, -0.2) is 13.9 Å². The zero-order valence-corrected chi connectivity index (χ0v) is 12.5. The molecule has 0 aliphatic carbocycles. The molecule has 2 aromatic rings. The molecule has 1 heterocycles. The highest BCUT2D eigenvalue weighted by Crippen LogP contribution is 2.35. The molecule has 114 valence electrons. The van der Waals surface area contributed by atoms with Crippen LogP contribution in [0, 0.1) is 0 Å². The van der Waals surface area contributed by atoms with Gasteiger partial charge in [0.1, 0.15) is 5.75 Å². The van der Waals surface area contributed by atoms with Crippen molar-refractivity contribution in [3.8, 4) is 17.2 Å².